The fraction of sp³-hybridized carbons (Fsp3) is 0.429. The Hall–Kier alpha value is -1.63. The molecule has 1 aromatic rings. The van der Waals surface area contributed by atoms with E-state index in [9.17, 15) is 9.59 Å². The number of carbonyl (C=O) groups is 2. The topological polar surface area (TPSA) is 93.4 Å². The van der Waals surface area contributed by atoms with Crippen LogP contribution in [0.2, 0.25) is 0 Å². The fourth-order valence-electron chi connectivity index (χ4n) is 1.61. The van der Waals surface area contributed by atoms with E-state index in [1.54, 1.807) is 19.1 Å². The Bertz CT molecular complexity index is 438. The maximum atomic E-state index is 11.9. The highest BCUT2D eigenvalue weighted by Gasteiger charge is 2.18. The second kappa shape index (κ2) is 10.1. The van der Waals surface area contributed by atoms with Gasteiger partial charge in [-0.1, -0.05) is 18.2 Å². The van der Waals surface area contributed by atoms with Crippen LogP contribution in [-0.2, 0) is 14.3 Å². The molecule has 1 aromatic carbocycles. The average molecular weight is 316 g/mol. The van der Waals surface area contributed by atoms with Gasteiger partial charge in [0.15, 0.2) is 0 Å². The number of halogens is 1. The first-order valence-corrected chi connectivity index (χ1v) is 6.45. The van der Waals surface area contributed by atoms with Crippen molar-refractivity contribution in [3.05, 3.63) is 30.3 Å². The van der Waals surface area contributed by atoms with E-state index in [1.165, 1.54) is 7.11 Å². The number of para-hydroxylation sites is 1. The van der Waals surface area contributed by atoms with Gasteiger partial charge in [0.25, 0.3) is 0 Å². The van der Waals surface area contributed by atoms with E-state index in [-0.39, 0.29) is 43.3 Å². The highest BCUT2D eigenvalue weighted by molar-refractivity contribution is 5.96. The molecule has 0 heterocycles. The summed E-state index contributed by atoms with van der Waals surface area (Å²) in [5.74, 6) is -0.538. The molecule has 0 radical (unpaired) electrons. The SMILES string of the molecule is COC(CN)CC(=O)NC(C)C(=O)Nc1ccccc1.Cl. The number of nitrogens with two attached hydrogens (primary N) is 1. The first kappa shape index (κ1) is 19.4. The number of rotatable bonds is 7. The number of hydrogen-bond donors (Lipinski definition) is 3. The summed E-state index contributed by atoms with van der Waals surface area (Å²) in [6.45, 7) is 1.88. The molecule has 1 rings (SSSR count). The lowest BCUT2D eigenvalue weighted by molar-refractivity contribution is -0.127. The zero-order chi connectivity index (χ0) is 15.0. The van der Waals surface area contributed by atoms with Crippen LogP contribution in [0.1, 0.15) is 13.3 Å². The lowest BCUT2D eigenvalue weighted by Crippen LogP contribution is -2.43. The number of methoxy groups -OCH3 is 1. The van der Waals surface area contributed by atoms with Gasteiger partial charge in [0.05, 0.1) is 12.5 Å². The molecule has 7 heteroatoms. The Balaban J connectivity index is 0.00000400. The van der Waals surface area contributed by atoms with Crippen LogP contribution in [0.15, 0.2) is 30.3 Å². The smallest absolute Gasteiger partial charge is 0.246 e. The van der Waals surface area contributed by atoms with Crippen LogP contribution in [-0.4, -0.2) is 37.6 Å². The van der Waals surface area contributed by atoms with Gasteiger partial charge in [0, 0.05) is 19.3 Å². The number of nitrogens with one attached hydrogen (secondary N) is 2. The van der Waals surface area contributed by atoms with Crippen LogP contribution < -0.4 is 16.4 Å². The summed E-state index contributed by atoms with van der Waals surface area (Å²) >= 11 is 0. The summed E-state index contributed by atoms with van der Waals surface area (Å²) in [5, 5.41) is 5.33. The van der Waals surface area contributed by atoms with Crippen molar-refractivity contribution >= 4 is 29.9 Å². The van der Waals surface area contributed by atoms with Gasteiger partial charge < -0.3 is 21.1 Å². The molecule has 2 atom stereocenters. The average Bonchev–Trinajstić information content (AvgIpc) is 2.45. The van der Waals surface area contributed by atoms with Gasteiger partial charge in [-0.25, -0.2) is 0 Å². The number of ether oxygens (including phenoxy) is 1. The maximum Gasteiger partial charge on any atom is 0.246 e. The quantitative estimate of drug-likeness (QED) is 0.697. The van der Waals surface area contributed by atoms with E-state index in [0.29, 0.717) is 5.69 Å². The van der Waals surface area contributed by atoms with Crippen molar-refractivity contribution in [2.45, 2.75) is 25.5 Å². The van der Waals surface area contributed by atoms with Gasteiger partial charge in [-0.3, -0.25) is 9.59 Å². The summed E-state index contributed by atoms with van der Waals surface area (Å²) in [7, 11) is 1.50. The fourth-order valence-corrected chi connectivity index (χ4v) is 1.61. The minimum Gasteiger partial charge on any atom is -0.380 e. The zero-order valence-corrected chi connectivity index (χ0v) is 13.0. The second-order valence-corrected chi connectivity index (χ2v) is 4.44. The Morgan fingerprint density at radius 3 is 2.43 bits per heavy atom. The highest BCUT2D eigenvalue weighted by Crippen LogP contribution is 2.05. The predicted molar refractivity (Wildman–Crippen MR) is 84.4 cm³/mol. The molecule has 4 N–H and O–H groups in total. The molecule has 0 spiro atoms. The van der Waals surface area contributed by atoms with Crippen LogP contribution in [0.4, 0.5) is 5.69 Å². The van der Waals surface area contributed by atoms with Crippen molar-refractivity contribution in [3.8, 4) is 0 Å². The van der Waals surface area contributed by atoms with E-state index in [0.717, 1.165) is 0 Å². The molecule has 118 valence electrons. The van der Waals surface area contributed by atoms with Crippen LogP contribution >= 0.6 is 12.4 Å². The molecule has 21 heavy (non-hydrogen) atoms. The minimum absolute atomic E-state index is 0. The number of carbonyl (C=O) groups excluding carboxylic acids is 2. The van der Waals surface area contributed by atoms with E-state index in [4.69, 9.17) is 10.5 Å². The normalized spacial score (nSPS) is 12.7. The molecule has 0 aromatic heterocycles. The Morgan fingerprint density at radius 2 is 1.90 bits per heavy atom. The van der Waals surface area contributed by atoms with Crippen LogP contribution in [0.5, 0.6) is 0 Å². The molecule has 0 fully saturated rings. The maximum absolute atomic E-state index is 11.9. The Kier molecular flexibility index (Phi) is 9.36. The molecule has 0 aliphatic rings. The predicted octanol–water partition coefficient (Wildman–Crippen LogP) is 0.915. The third-order valence-corrected chi connectivity index (χ3v) is 2.82. The lowest BCUT2D eigenvalue weighted by atomic mass is 10.2. The first-order valence-electron chi connectivity index (χ1n) is 6.45. The van der Waals surface area contributed by atoms with Gasteiger partial charge in [-0.2, -0.15) is 0 Å². The monoisotopic (exact) mass is 315 g/mol. The molecule has 0 saturated carbocycles. The number of anilines is 1. The molecule has 0 aliphatic heterocycles. The van der Waals surface area contributed by atoms with E-state index < -0.39 is 6.04 Å². The summed E-state index contributed by atoms with van der Waals surface area (Å²) in [5.41, 5.74) is 6.13. The molecular weight excluding hydrogens is 294 g/mol. The highest BCUT2D eigenvalue weighted by atomic mass is 35.5. The second-order valence-electron chi connectivity index (χ2n) is 4.44. The zero-order valence-electron chi connectivity index (χ0n) is 12.2. The van der Waals surface area contributed by atoms with Crippen molar-refractivity contribution < 1.29 is 14.3 Å². The van der Waals surface area contributed by atoms with Crippen LogP contribution in [0, 0.1) is 0 Å². The molecule has 2 amide bonds. The Morgan fingerprint density at radius 1 is 1.29 bits per heavy atom. The van der Waals surface area contributed by atoms with Gasteiger partial charge in [0.1, 0.15) is 6.04 Å². The molecular formula is C14H22ClN3O3. The number of benzene rings is 1. The Labute approximate surface area is 130 Å². The summed E-state index contributed by atoms with van der Waals surface area (Å²) in [6, 6.07) is 8.44. The standard InChI is InChI=1S/C14H21N3O3.ClH/c1-10(16-13(18)8-12(9-15)20-2)14(19)17-11-6-4-3-5-7-11;/h3-7,10,12H,8-9,15H2,1-2H3,(H,16,18)(H,17,19);1H. The molecule has 2 unspecified atom stereocenters. The van der Waals surface area contributed by atoms with Crippen molar-refractivity contribution in [2.24, 2.45) is 5.73 Å². The summed E-state index contributed by atoms with van der Waals surface area (Å²) in [4.78, 5) is 23.6. The largest absolute Gasteiger partial charge is 0.380 e. The molecule has 0 saturated heterocycles. The lowest BCUT2D eigenvalue weighted by Gasteiger charge is -2.16. The summed E-state index contributed by atoms with van der Waals surface area (Å²) < 4.78 is 5.02. The van der Waals surface area contributed by atoms with Gasteiger partial charge in [-0.15, -0.1) is 12.4 Å². The number of amides is 2. The van der Waals surface area contributed by atoms with E-state index >= 15 is 0 Å². The third-order valence-electron chi connectivity index (χ3n) is 2.82. The first-order chi connectivity index (χ1) is 9.56. The van der Waals surface area contributed by atoms with Crippen molar-refractivity contribution in [3.63, 3.8) is 0 Å². The van der Waals surface area contributed by atoms with Crippen LogP contribution in [0.25, 0.3) is 0 Å². The van der Waals surface area contributed by atoms with Gasteiger partial charge in [-0.05, 0) is 19.1 Å². The van der Waals surface area contributed by atoms with E-state index in [2.05, 4.69) is 10.6 Å². The molecule has 0 aliphatic carbocycles. The van der Waals surface area contributed by atoms with Crippen LogP contribution in [0.3, 0.4) is 0 Å². The minimum atomic E-state index is -0.627. The summed E-state index contributed by atoms with van der Waals surface area (Å²) in [6.07, 6.45) is -0.199. The van der Waals surface area contributed by atoms with Crippen molar-refractivity contribution in [1.29, 1.82) is 0 Å². The third kappa shape index (κ3) is 7.08. The molecule has 6 nitrogen and oxygen atoms in total. The molecule has 0 bridgehead atoms. The van der Waals surface area contributed by atoms with Crippen molar-refractivity contribution in [2.75, 3.05) is 19.0 Å². The van der Waals surface area contributed by atoms with Gasteiger partial charge >= 0.3 is 0 Å². The van der Waals surface area contributed by atoms with E-state index in [1.807, 2.05) is 18.2 Å². The number of hydrogen-bond acceptors (Lipinski definition) is 4. The van der Waals surface area contributed by atoms with Crippen molar-refractivity contribution in [1.82, 2.24) is 5.32 Å². The van der Waals surface area contributed by atoms with Gasteiger partial charge in [0.2, 0.25) is 11.8 Å².